The van der Waals surface area contributed by atoms with Crippen LogP contribution in [0.5, 0.6) is 0 Å². The molecular weight excluding hydrogens is 715 g/mol. The molecule has 4 atom stereocenters. The van der Waals surface area contributed by atoms with Gasteiger partial charge in [0.15, 0.2) is 5.82 Å². The molecule has 290 valence electrons. The van der Waals surface area contributed by atoms with E-state index in [0.717, 1.165) is 11.3 Å². The molecule has 0 bridgehead atoms. The van der Waals surface area contributed by atoms with Crippen LogP contribution in [0.1, 0.15) is 57.4 Å². The minimum absolute atomic E-state index is 0.00554. The molecule has 18 nitrogen and oxygen atoms in total. The number of methoxy groups -OCH3 is 1. The molecule has 53 heavy (non-hydrogen) atoms. The van der Waals surface area contributed by atoms with Crippen molar-refractivity contribution in [3.63, 3.8) is 0 Å². The molecule has 0 aliphatic carbocycles. The molecule has 2 aromatic rings. The molecule has 1 aromatic carbocycles. The maximum Gasteiger partial charge on any atom is 0.407 e. The summed E-state index contributed by atoms with van der Waals surface area (Å²) in [6, 6.07) is 8.89. The fourth-order valence-corrected chi connectivity index (χ4v) is 7.59. The third-order valence-corrected chi connectivity index (χ3v) is 10.5. The van der Waals surface area contributed by atoms with E-state index in [4.69, 9.17) is 28.2 Å². The molecule has 2 N–H and O–H groups in total. The van der Waals surface area contributed by atoms with Crippen molar-refractivity contribution in [1.29, 1.82) is 0 Å². The van der Waals surface area contributed by atoms with Gasteiger partial charge in [0.25, 0.3) is 5.91 Å². The smallest absolute Gasteiger partial charge is 0.407 e. The monoisotopic (exact) mass is 762 g/mol. The van der Waals surface area contributed by atoms with Gasteiger partial charge in [-0.25, -0.2) is 14.8 Å². The molecule has 2 unspecified atom stereocenters. The highest BCUT2D eigenvalue weighted by atomic mass is 31.2. The molecule has 0 saturated carbocycles. The number of esters is 2. The van der Waals surface area contributed by atoms with E-state index in [0.29, 0.717) is 24.5 Å². The van der Waals surface area contributed by atoms with Gasteiger partial charge in [0.1, 0.15) is 17.6 Å². The van der Waals surface area contributed by atoms with Gasteiger partial charge in [0.2, 0.25) is 18.5 Å². The number of amides is 3. The summed E-state index contributed by atoms with van der Waals surface area (Å²) in [5.74, 6) is -2.18. The van der Waals surface area contributed by atoms with Gasteiger partial charge in [0.05, 0.1) is 12.3 Å². The molecule has 19 heteroatoms. The van der Waals surface area contributed by atoms with Crippen LogP contribution in [0.3, 0.4) is 0 Å². The summed E-state index contributed by atoms with van der Waals surface area (Å²) in [5.41, 5.74) is 0.530. The number of aromatic nitrogens is 2. The predicted molar refractivity (Wildman–Crippen MR) is 189 cm³/mol. The fourth-order valence-electron chi connectivity index (χ4n) is 5.68. The van der Waals surface area contributed by atoms with Gasteiger partial charge in [-0.05, 0) is 20.3 Å². The average molecular weight is 763 g/mol. The summed E-state index contributed by atoms with van der Waals surface area (Å²) in [6.07, 6.45) is -4.13. The second kappa shape index (κ2) is 18.9. The number of benzene rings is 1. The van der Waals surface area contributed by atoms with Crippen molar-refractivity contribution in [2.45, 2.75) is 71.7 Å². The van der Waals surface area contributed by atoms with Gasteiger partial charge < -0.3 is 39.3 Å². The summed E-state index contributed by atoms with van der Waals surface area (Å²) in [4.78, 5) is 77.6. The molecule has 3 heterocycles. The van der Waals surface area contributed by atoms with Crippen LogP contribution in [0.15, 0.2) is 36.4 Å². The Morgan fingerprint density at radius 2 is 1.49 bits per heavy atom. The molecule has 2 fully saturated rings. The van der Waals surface area contributed by atoms with Crippen molar-refractivity contribution in [3.8, 4) is 11.4 Å². The average Bonchev–Trinajstić information content (AvgIpc) is 3.63. The highest BCUT2D eigenvalue weighted by Crippen LogP contribution is 2.51. The third-order valence-electron chi connectivity index (χ3n) is 8.44. The van der Waals surface area contributed by atoms with Crippen LogP contribution in [0, 0.1) is 0 Å². The van der Waals surface area contributed by atoms with E-state index in [1.165, 1.54) is 24.8 Å². The summed E-state index contributed by atoms with van der Waals surface area (Å²) in [7, 11) is -2.95. The van der Waals surface area contributed by atoms with Crippen molar-refractivity contribution in [1.82, 2.24) is 25.1 Å². The summed E-state index contributed by atoms with van der Waals surface area (Å²) >= 11 is 0. The van der Waals surface area contributed by atoms with Crippen LogP contribution in [-0.4, -0.2) is 132 Å². The van der Waals surface area contributed by atoms with Gasteiger partial charge in [0, 0.05) is 70.8 Å². The minimum atomic E-state index is -4.57. The normalized spacial score (nSPS) is 18.7. The molecule has 4 rings (SSSR count). The van der Waals surface area contributed by atoms with Crippen molar-refractivity contribution in [2.75, 3.05) is 57.4 Å². The Morgan fingerprint density at radius 3 is 2.02 bits per heavy atom. The van der Waals surface area contributed by atoms with E-state index in [1.54, 1.807) is 45.2 Å². The van der Waals surface area contributed by atoms with E-state index < -0.39 is 62.2 Å². The van der Waals surface area contributed by atoms with Crippen molar-refractivity contribution >= 4 is 43.3 Å². The minimum Gasteiger partial charge on any atom is -0.465 e. The lowest BCUT2D eigenvalue weighted by Gasteiger charge is -2.36. The van der Waals surface area contributed by atoms with Gasteiger partial charge in [-0.2, -0.15) is 0 Å². The number of carbonyl (C=O) groups excluding carboxylic acids is 4. The molecule has 0 radical (unpaired) electrons. The highest BCUT2D eigenvalue weighted by Gasteiger charge is 2.41. The van der Waals surface area contributed by atoms with E-state index in [2.05, 4.69) is 10.3 Å². The zero-order valence-electron chi connectivity index (χ0n) is 30.5. The third kappa shape index (κ3) is 11.7. The van der Waals surface area contributed by atoms with Crippen LogP contribution in [-0.2, 0) is 42.2 Å². The number of piperazine rings is 1. The largest absolute Gasteiger partial charge is 0.465 e. The van der Waals surface area contributed by atoms with Crippen LogP contribution in [0.2, 0.25) is 0 Å². The first kappa shape index (κ1) is 41.1. The number of carboxylic acid groups (broad SMARTS) is 1. The standard InChI is InChI=1S/C34H47N6O12P/c1-6-29(41)49-22(3)51-53(47,52-23(4)50-30(42)7-2)21-27(33(44)38-15-17-39(18-16-38)34(45)46)36-32(43)26-19-28(40-14-13-25(20-40)48-5)37-31(35-26)24-11-9-8-10-12-24/h8-12,19,22-23,25,27H,6-7,13-18,20-21H2,1-5H3,(H,36,43)(H,45,46)/t22?,23?,25-,27-,53?/m0/s1. The van der Waals surface area contributed by atoms with E-state index in [1.807, 2.05) is 11.0 Å². The molecule has 2 aliphatic heterocycles. The summed E-state index contributed by atoms with van der Waals surface area (Å²) in [5, 5.41) is 12.1. The maximum atomic E-state index is 14.5. The number of carbonyl (C=O) groups is 5. The highest BCUT2D eigenvalue weighted by molar-refractivity contribution is 7.54. The zero-order chi connectivity index (χ0) is 38.7. The zero-order valence-corrected chi connectivity index (χ0v) is 31.4. The predicted octanol–water partition coefficient (Wildman–Crippen LogP) is 3.11. The van der Waals surface area contributed by atoms with Gasteiger partial charge >= 0.3 is 25.6 Å². The number of hydrogen-bond acceptors (Lipinski definition) is 14. The lowest BCUT2D eigenvalue weighted by Crippen LogP contribution is -2.56. The second-order valence-electron chi connectivity index (χ2n) is 12.3. The molecule has 2 saturated heterocycles. The van der Waals surface area contributed by atoms with E-state index in [-0.39, 0.29) is 56.6 Å². The van der Waals surface area contributed by atoms with Gasteiger partial charge in [-0.3, -0.25) is 32.8 Å². The number of hydrogen-bond donors (Lipinski definition) is 2. The Hall–Kier alpha value is -4.64. The van der Waals surface area contributed by atoms with E-state index >= 15 is 0 Å². The first-order valence-electron chi connectivity index (χ1n) is 17.4. The number of nitrogens with zero attached hydrogens (tertiary/aromatic N) is 5. The van der Waals surface area contributed by atoms with Crippen LogP contribution in [0.4, 0.5) is 10.6 Å². The van der Waals surface area contributed by atoms with Crippen LogP contribution >= 0.6 is 7.60 Å². The van der Waals surface area contributed by atoms with E-state index in [9.17, 15) is 33.6 Å². The molecule has 3 amide bonds. The maximum absolute atomic E-state index is 14.5. The number of rotatable bonds is 16. The first-order valence-corrected chi connectivity index (χ1v) is 19.1. The lowest BCUT2D eigenvalue weighted by molar-refractivity contribution is -0.167. The topological polar surface area (TPSA) is 216 Å². The van der Waals surface area contributed by atoms with Crippen LogP contribution < -0.4 is 10.2 Å². The van der Waals surface area contributed by atoms with Crippen molar-refractivity contribution < 1.29 is 56.9 Å². The Morgan fingerprint density at radius 1 is 0.906 bits per heavy atom. The van der Waals surface area contributed by atoms with Crippen LogP contribution in [0.25, 0.3) is 11.4 Å². The molecular formula is C34H47N6O12P. The van der Waals surface area contributed by atoms with Crippen molar-refractivity contribution in [3.05, 3.63) is 42.1 Å². The SMILES string of the molecule is CCC(=O)OC(C)OP(=O)(C[C@H](NC(=O)c1cc(N2CC[C@H](OC)C2)nc(-c2ccccc2)n1)C(=O)N1CCN(C(=O)O)CC1)OC(C)OC(=O)CC. The fraction of sp³-hybridized carbons (Fsp3) is 0.559. The Bertz CT molecular complexity index is 1630. The Balaban J connectivity index is 1.71. The Labute approximate surface area is 307 Å². The summed E-state index contributed by atoms with van der Waals surface area (Å²) < 4.78 is 41.6. The van der Waals surface area contributed by atoms with Gasteiger partial charge in [-0.1, -0.05) is 44.2 Å². The number of nitrogens with one attached hydrogen (secondary N) is 1. The number of ether oxygens (including phenoxy) is 3. The molecule has 2 aliphatic rings. The first-order chi connectivity index (χ1) is 25.2. The molecule has 0 spiro atoms. The quantitative estimate of drug-likeness (QED) is 0.143. The number of anilines is 1. The van der Waals surface area contributed by atoms with Gasteiger partial charge in [-0.15, -0.1) is 0 Å². The second-order valence-corrected chi connectivity index (χ2v) is 14.3. The van der Waals surface area contributed by atoms with Crippen molar-refractivity contribution in [2.24, 2.45) is 0 Å². The summed E-state index contributed by atoms with van der Waals surface area (Å²) in [6.45, 7) is 6.76. The lowest BCUT2D eigenvalue weighted by atomic mass is 10.2. The Kier molecular flexibility index (Phi) is 14.7. The molecule has 1 aromatic heterocycles.